The molecule has 1 heterocycles. The molecule has 0 radical (unpaired) electrons. The van der Waals surface area contributed by atoms with E-state index in [0.29, 0.717) is 36.2 Å². The molecule has 0 bridgehead atoms. The van der Waals surface area contributed by atoms with Gasteiger partial charge in [0.15, 0.2) is 0 Å². The Bertz CT molecular complexity index is 1260. The number of esters is 1. The molecule has 37 heavy (non-hydrogen) atoms. The largest absolute Gasteiger partial charge is 0.497 e. The highest BCUT2D eigenvalue weighted by atomic mass is 16.5. The molecule has 196 valence electrons. The minimum absolute atomic E-state index is 0.0828. The van der Waals surface area contributed by atoms with E-state index in [-0.39, 0.29) is 17.3 Å². The molecule has 0 atom stereocenters. The summed E-state index contributed by atoms with van der Waals surface area (Å²) in [6.07, 6.45) is 6.44. The summed E-state index contributed by atoms with van der Waals surface area (Å²) in [6, 6.07) is 15.7. The second kappa shape index (κ2) is 11.3. The molecule has 0 saturated heterocycles. The zero-order valence-electron chi connectivity index (χ0n) is 22.6. The second-order valence-electron chi connectivity index (χ2n) is 11.3. The molecule has 2 aromatic carbocycles. The Balaban J connectivity index is 1.58. The van der Waals surface area contributed by atoms with Crippen LogP contribution in [0.1, 0.15) is 74.7 Å². The topological polar surface area (TPSA) is 68.7 Å². The van der Waals surface area contributed by atoms with Crippen LogP contribution < -0.4 is 9.64 Å². The number of nitrogens with zero attached hydrogens (tertiary/aromatic N) is 2. The number of carbonyl (C=O) groups is 2. The van der Waals surface area contributed by atoms with Crippen LogP contribution in [-0.2, 0) is 9.53 Å². The molecule has 0 aliphatic heterocycles. The average molecular weight is 503 g/mol. The van der Waals surface area contributed by atoms with E-state index in [1.54, 1.807) is 25.4 Å². The van der Waals surface area contributed by atoms with Gasteiger partial charge in [-0.1, -0.05) is 32.9 Å². The Morgan fingerprint density at radius 2 is 1.76 bits per heavy atom. The summed E-state index contributed by atoms with van der Waals surface area (Å²) in [5, 5.41) is 1.73. The van der Waals surface area contributed by atoms with Crippen LogP contribution in [0.25, 0.3) is 10.8 Å². The first-order valence-electron chi connectivity index (χ1n) is 13.1. The lowest BCUT2D eigenvalue weighted by Crippen LogP contribution is -2.39. The Morgan fingerprint density at radius 3 is 2.43 bits per heavy atom. The van der Waals surface area contributed by atoms with E-state index in [0.717, 1.165) is 42.2 Å². The Kier molecular flexibility index (Phi) is 8.16. The molecule has 0 spiro atoms. The molecule has 4 rings (SSSR count). The fourth-order valence-corrected chi connectivity index (χ4v) is 5.31. The lowest BCUT2D eigenvalue weighted by Gasteiger charge is -2.34. The van der Waals surface area contributed by atoms with Gasteiger partial charge in [0.1, 0.15) is 11.6 Å². The second-order valence-corrected chi connectivity index (χ2v) is 11.3. The van der Waals surface area contributed by atoms with Gasteiger partial charge >= 0.3 is 5.97 Å². The van der Waals surface area contributed by atoms with Crippen LogP contribution in [0.2, 0.25) is 0 Å². The van der Waals surface area contributed by atoms with Gasteiger partial charge in [0.2, 0.25) is 5.91 Å². The van der Waals surface area contributed by atoms with Gasteiger partial charge in [-0.3, -0.25) is 9.69 Å². The molecule has 6 nitrogen and oxygen atoms in total. The predicted molar refractivity (Wildman–Crippen MR) is 147 cm³/mol. The number of carbonyl (C=O) groups excluding carboxylic acids is 2. The first-order valence-corrected chi connectivity index (χ1v) is 13.1. The van der Waals surface area contributed by atoms with E-state index in [1.807, 2.05) is 23.1 Å². The van der Waals surface area contributed by atoms with Crippen LogP contribution in [0.4, 0.5) is 5.82 Å². The standard InChI is InChI=1S/C31H38N2O4/c1-31(2,3)19-28(34)33(29-27-14-13-25(30(35)37-5)17-24(27)15-16-32-29)20-21-9-11-22(12-10-21)23-7-6-8-26(18-23)36-4/h6-8,13-18,21-22H,9-12,19-20H2,1-5H3. The molecule has 0 unspecified atom stereocenters. The van der Waals surface area contributed by atoms with E-state index < -0.39 is 0 Å². The highest BCUT2D eigenvalue weighted by Crippen LogP contribution is 2.38. The smallest absolute Gasteiger partial charge is 0.337 e. The van der Waals surface area contributed by atoms with Gasteiger partial charge in [-0.25, -0.2) is 9.78 Å². The van der Waals surface area contributed by atoms with Crippen molar-refractivity contribution in [3.8, 4) is 5.75 Å². The Morgan fingerprint density at radius 1 is 1.00 bits per heavy atom. The number of hydrogen-bond acceptors (Lipinski definition) is 5. The molecular formula is C31H38N2O4. The van der Waals surface area contributed by atoms with Gasteiger partial charge in [0.05, 0.1) is 19.8 Å². The molecule has 6 heteroatoms. The SMILES string of the molecule is COC(=O)c1ccc2c(N(CC3CCC(c4cccc(OC)c4)CC3)C(=O)CC(C)(C)C)nccc2c1. The van der Waals surface area contributed by atoms with Gasteiger partial charge in [0, 0.05) is 24.5 Å². The number of fused-ring (bicyclic) bond motifs is 1. The van der Waals surface area contributed by atoms with Crippen molar-refractivity contribution in [2.24, 2.45) is 11.3 Å². The zero-order valence-corrected chi connectivity index (χ0v) is 22.6. The number of aromatic nitrogens is 1. The fraction of sp³-hybridized carbons (Fsp3) is 0.452. The fourth-order valence-electron chi connectivity index (χ4n) is 5.31. The summed E-state index contributed by atoms with van der Waals surface area (Å²) in [5.74, 6) is 2.18. The summed E-state index contributed by atoms with van der Waals surface area (Å²) >= 11 is 0. The van der Waals surface area contributed by atoms with Crippen molar-refractivity contribution in [2.75, 3.05) is 25.7 Å². The lowest BCUT2D eigenvalue weighted by molar-refractivity contribution is -0.120. The van der Waals surface area contributed by atoms with Crippen LogP contribution in [-0.4, -0.2) is 37.6 Å². The molecule has 0 N–H and O–H groups in total. The highest BCUT2D eigenvalue weighted by molar-refractivity contribution is 6.04. The number of amides is 1. The van der Waals surface area contributed by atoms with E-state index in [4.69, 9.17) is 9.47 Å². The van der Waals surface area contributed by atoms with Gasteiger partial charge in [-0.15, -0.1) is 0 Å². The molecular weight excluding hydrogens is 464 g/mol. The number of ether oxygens (including phenoxy) is 2. The average Bonchev–Trinajstić information content (AvgIpc) is 2.90. The highest BCUT2D eigenvalue weighted by Gasteiger charge is 2.30. The number of pyridine rings is 1. The predicted octanol–water partition coefficient (Wildman–Crippen LogP) is 6.77. The van der Waals surface area contributed by atoms with Crippen molar-refractivity contribution >= 4 is 28.5 Å². The van der Waals surface area contributed by atoms with Crippen LogP contribution in [0.5, 0.6) is 5.75 Å². The number of anilines is 1. The first kappa shape index (κ1) is 26.6. The molecule has 1 aliphatic rings. The van der Waals surface area contributed by atoms with E-state index in [1.165, 1.54) is 12.7 Å². The van der Waals surface area contributed by atoms with Gasteiger partial charge in [-0.05, 0) is 90.3 Å². The van der Waals surface area contributed by atoms with Crippen LogP contribution in [0.3, 0.4) is 0 Å². The number of rotatable bonds is 7. The first-order chi connectivity index (χ1) is 17.7. The minimum atomic E-state index is -0.381. The minimum Gasteiger partial charge on any atom is -0.497 e. The number of methoxy groups -OCH3 is 2. The zero-order chi connectivity index (χ0) is 26.6. The molecule has 1 aliphatic carbocycles. The van der Waals surface area contributed by atoms with E-state index >= 15 is 0 Å². The maximum absolute atomic E-state index is 13.7. The van der Waals surface area contributed by atoms with E-state index in [2.05, 4.69) is 44.0 Å². The van der Waals surface area contributed by atoms with Crippen molar-refractivity contribution < 1.29 is 19.1 Å². The monoisotopic (exact) mass is 502 g/mol. The number of hydrogen-bond donors (Lipinski definition) is 0. The maximum Gasteiger partial charge on any atom is 0.337 e. The van der Waals surface area contributed by atoms with Gasteiger partial charge < -0.3 is 9.47 Å². The third kappa shape index (κ3) is 6.48. The summed E-state index contributed by atoms with van der Waals surface area (Å²) in [5.41, 5.74) is 1.67. The third-order valence-electron chi connectivity index (χ3n) is 7.26. The molecule has 3 aromatic rings. The summed E-state index contributed by atoms with van der Waals surface area (Å²) in [6.45, 7) is 6.90. The summed E-state index contributed by atoms with van der Waals surface area (Å²) < 4.78 is 10.3. The molecule has 1 saturated carbocycles. The Hall–Kier alpha value is -3.41. The molecule has 1 fully saturated rings. The normalized spacial score (nSPS) is 17.9. The lowest BCUT2D eigenvalue weighted by atomic mass is 9.78. The van der Waals surface area contributed by atoms with Crippen molar-refractivity contribution in [1.29, 1.82) is 0 Å². The van der Waals surface area contributed by atoms with Crippen molar-refractivity contribution in [1.82, 2.24) is 4.98 Å². The van der Waals surface area contributed by atoms with Crippen molar-refractivity contribution in [3.63, 3.8) is 0 Å². The van der Waals surface area contributed by atoms with Crippen LogP contribution >= 0.6 is 0 Å². The van der Waals surface area contributed by atoms with Gasteiger partial charge in [-0.2, -0.15) is 0 Å². The van der Waals surface area contributed by atoms with Crippen LogP contribution in [0.15, 0.2) is 54.7 Å². The maximum atomic E-state index is 13.7. The van der Waals surface area contributed by atoms with Crippen molar-refractivity contribution in [2.45, 2.75) is 58.8 Å². The Labute approximate surface area is 220 Å². The number of benzene rings is 2. The quantitative estimate of drug-likeness (QED) is 0.333. The molecule has 1 amide bonds. The van der Waals surface area contributed by atoms with E-state index in [9.17, 15) is 9.59 Å². The van der Waals surface area contributed by atoms with Crippen molar-refractivity contribution in [3.05, 3.63) is 65.9 Å². The third-order valence-corrected chi connectivity index (χ3v) is 7.26. The van der Waals surface area contributed by atoms with Crippen LogP contribution in [0, 0.1) is 11.3 Å². The summed E-state index contributed by atoms with van der Waals surface area (Å²) in [4.78, 5) is 32.3. The molecule has 1 aromatic heterocycles. The van der Waals surface area contributed by atoms with Gasteiger partial charge in [0.25, 0.3) is 0 Å². The summed E-state index contributed by atoms with van der Waals surface area (Å²) in [7, 11) is 3.08.